The molecule has 14 heavy (non-hydrogen) atoms. The van der Waals surface area contributed by atoms with Crippen LogP contribution < -0.4 is 16.2 Å². The highest BCUT2D eigenvalue weighted by Gasteiger charge is 2.06. The van der Waals surface area contributed by atoms with Crippen LogP contribution in [0.5, 0.6) is 0 Å². The Kier molecular flexibility index (Phi) is 4.30. The zero-order chi connectivity index (χ0) is 10.6. The minimum atomic E-state index is -0.218. The maximum absolute atomic E-state index is 11.4. The number of amides is 1. The summed E-state index contributed by atoms with van der Waals surface area (Å²) in [6.07, 6.45) is 0. The summed E-state index contributed by atoms with van der Waals surface area (Å²) in [7, 11) is 1.67. The summed E-state index contributed by atoms with van der Waals surface area (Å²) in [5, 5.41) is 4.80. The molecule has 1 aromatic rings. The number of nitrogens with one attached hydrogen (secondary N) is 3. The van der Waals surface area contributed by atoms with Crippen molar-refractivity contribution in [3.8, 4) is 0 Å². The Morgan fingerprint density at radius 3 is 2.79 bits per heavy atom. The van der Waals surface area contributed by atoms with E-state index in [0.717, 1.165) is 3.79 Å². The molecule has 0 fully saturated rings. The van der Waals surface area contributed by atoms with Gasteiger partial charge in [0.25, 0.3) is 5.91 Å². The first-order valence-corrected chi connectivity index (χ1v) is 5.73. The van der Waals surface area contributed by atoms with Crippen LogP contribution in [0.4, 0.5) is 0 Å². The van der Waals surface area contributed by atoms with Crippen LogP contribution in [0.1, 0.15) is 10.4 Å². The van der Waals surface area contributed by atoms with Crippen LogP contribution in [0.3, 0.4) is 0 Å². The smallest absolute Gasteiger partial charge is 0.270 e. The molecule has 1 amide bonds. The van der Waals surface area contributed by atoms with Gasteiger partial charge in [-0.3, -0.25) is 15.6 Å². The van der Waals surface area contributed by atoms with Crippen molar-refractivity contribution >= 4 is 50.5 Å². The molecule has 0 spiro atoms. The lowest BCUT2D eigenvalue weighted by atomic mass is 10.3. The standard InChI is InChI=1S/C7H8BrN3OS2/c1-9-7(13)11-10-6(12)4-2-5(8)14-3-4/h2-3H,1H3,(H,10,12)(H2,9,11,13). The maximum Gasteiger partial charge on any atom is 0.270 e. The number of thiophene rings is 1. The van der Waals surface area contributed by atoms with Crippen LogP contribution in [0, 0.1) is 0 Å². The molecule has 1 rings (SSSR count). The SMILES string of the molecule is CNC(=S)NNC(=O)c1csc(Br)c1. The molecule has 0 radical (unpaired) electrons. The number of thiocarbonyl (C=S) groups is 1. The molecule has 0 bridgehead atoms. The Labute approximate surface area is 99.2 Å². The molecule has 0 aromatic carbocycles. The first-order valence-electron chi connectivity index (χ1n) is 3.65. The molecule has 0 unspecified atom stereocenters. The van der Waals surface area contributed by atoms with Gasteiger partial charge in [-0.05, 0) is 34.2 Å². The highest BCUT2D eigenvalue weighted by Crippen LogP contribution is 2.20. The van der Waals surface area contributed by atoms with Gasteiger partial charge in [-0.2, -0.15) is 0 Å². The lowest BCUT2D eigenvalue weighted by molar-refractivity contribution is 0.0944. The number of rotatable bonds is 1. The van der Waals surface area contributed by atoms with Gasteiger partial charge in [0, 0.05) is 12.4 Å². The molecular weight excluding hydrogens is 286 g/mol. The summed E-state index contributed by atoms with van der Waals surface area (Å²) >= 11 is 9.51. The molecule has 1 aromatic heterocycles. The number of hydrogen-bond acceptors (Lipinski definition) is 3. The second kappa shape index (κ2) is 5.28. The summed E-state index contributed by atoms with van der Waals surface area (Å²) in [6.45, 7) is 0. The molecule has 0 aliphatic heterocycles. The Hall–Kier alpha value is -0.660. The van der Waals surface area contributed by atoms with Gasteiger partial charge in [-0.15, -0.1) is 11.3 Å². The molecular formula is C7H8BrN3OS2. The molecule has 0 aliphatic rings. The van der Waals surface area contributed by atoms with Gasteiger partial charge < -0.3 is 5.32 Å². The third-order valence-corrected chi connectivity index (χ3v) is 3.16. The van der Waals surface area contributed by atoms with Crippen molar-refractivity contribution in [1.29, 1.82) is 0 Å². The molecule has 76 valence electrons. The van der Waals surface area contributed by atoms with Crippen molar-refractivity contribution in [3.05, 3.63) is 20.8 Å². The fourth-order valence-electron chi connectivity index (χ4n) is 0.677. The average Bonchev–Trinajstić information content (AvgIpc) is 2.60. The van der Waals surface area contributed by atoms with Gasteiger partial charge in [0.2, 0.25) is 0 Å². The van der Waals surface area contributed by atoms with Gasteiger partial charge in [0.05, 0.1) is 9.35 Å². The van der Waals surface area contributed by atoms with Gasteiger partial charge in [0.1, 0.15) is 0 Å². The summed E-state index contributed by atoms with van der Waals surface area (Å²) in [5.74, 6) is -0.218. The third-order valence-electron chi connectivity index (χ3n) is 1.35. The number of hydrogen-bond donors (Lipinski definition) is 3. The molecule has 0 saturated carbocycles. The fraction of sp³-hybridized carbons (Fsp3) is 0.143. The van der Waals surface area contributed by atoms with Crippen molar-refractivity contribution in [3.63, 3.8) is 0 Å². The van der Waals surface area contributed by atoms with Gasteiger partial charge >= 0.3 is 0 Å². The number of halogens is 1. The highest BCUT2D eigenvalue weighted by molar-refractivity contribution is 9.11. The minimum Gasteiger partial charge on any atom is -0.364 e. The number of carbonyl (C=O) groups is 1. The normalized spacial score (nSPS) is 9.29. The van der Waals surface area contributed by atoms with E-state index in [4.69, 9.17) is 12.2 Å². The van der Waals surface area contributed by atoms with Crippen molar-refractivity contribution < 1.29 is 4.79 Å². The maximum atomic E-state index is 11.4. The van der Waals surface area contributed by atoms with Crippen LogP contribution in [0.2, 0.25) is 0 Å². The van der Waals surface area contributed by atoms with Crippen molar-refractivity contribution in [2.45, 2.75) is 0 Å². The monoisotopic (exact) mass is 293 g/mol. The third kappa shape index (κ3) is 3.24. The minimum absolute atomic E-state index is 0.218. The second-order valence-electron chi connectivity index (χ2n) is 2.30. The predicted molar refractivity (Wildman–Crippen MR) is 64.3 cm³/mol. The summed E-state index contributed by atoms with van der Waals surface area (Å²) in [5.41, 5.74) is 5.60. The fourth-order valence-corrected chi connectivity index (χ4v) is 1.87. The highest BCUT2D eigenvalue weighted by atomic mass is 79.9. The summed E-state index contributed by atoms with van der Waals surface area (Å²) < 4.78 is 0.916. The van der Waals surface area contributed by atoms with Crippen molar-refractivity contribution in [1.82, 2.24) is 16.2 Å². The molecule has 0 saturated heterocycles. The Balaban J connectivity index is 2.47. The van der Waals surface area contributed by atoms with Gasteiger partial charge in [-0.1, -0.05) is 0 Å². The van der Waals surface area contributed by atoms with E-state index in [0.29, 0.717) is 10.7 Å². The van der Waals surface area contributed by atoms with Crippen LogP contribution in [0.25, 0.3) is 0 Å². The van der Waals surface area contributed by atoms with E-state index in [1.54, 1.807) is 18.5 Å². The zero-order valence-electron chi connectivity index (χ0n) is 7.26. The van der Waals surface area contributed by atoms with Crippen LogP contribution >= 0.6 is 39.5 Å². The lowest BCUT2D eigenvalue weighted by Crippen LogP contribution is -2.45. The number of carbonyl (C=O) groups excluding carboxylic acids is 1. The van der Waals surface area contributed by atoms with E-state index in [2.05, 4.69) is 32.1 Å². The van der Waals surface area contributed by atoms with E-state index < -0.39 is 0 Å². The molecule has 7 heteroatoms. The van der Waals surface area contributed by atoms with E-state index in [1.807, 2.05) is 0 Å². The predicted octanol–water partition coefficient (Wildman–Crippen LogP) is 1.25. The van der Waals surface area contributed by atoms with Crippen LogP contribution in [0.15, 0.2) is 15.2 Å². The van der Waals surface area contributed by atoms with Crippen molar-refractivity contribution in [2.75, 3.05) is 7.05 Å². The van der Waals surface area contributed by atoms with E-state index in [9.17, 15) is 4.79 Å². The molecule has 4 nitrogen and oxygen atoms in total. The van der Waals surface area contributed by atoms with Crippen LogP contribution in [-0.2, 0) is 0 Å². The summed E-state index contributed by atoms with van der Waals surface area (Å²) in [6, 6.07) is 1.74. The topological polar surface area (TPSA) is 53.2 Å². The molecule has 0 atom stereocenters. The molecule has 3 N–H and O–H groups in total. The van der Waals surface area contributed by atoms with E-state index in [1.165, 1.54) is 11.3 Å². The quantitative estimate of drug-likeness (QED) is 0.539. The number of hydrazine groups is 1. The zero-order valence-corrected chi connectivity index (χ0v) is 10.5. The Morgan fingerprint density at radius 2 is 2.29 bits per heavy atom. The average molecular weight is 294 g/mol. The second-order valence-corrected chi connectivity index (χ2v) is 5.00. The lowest BCUT2D eigenvalue weighted by Gasteiger charge is -2.07. The van der Waals surface area contributed by atoms with E-state index >= 15 is 0 Å². The van der Waals surface area contributed by atoms with Crippen molar-refractivity contribution in [2.24, 2.45) is 0 Å². The van der Waals surface area contributed by atoms with Gasteiger partial charge in [-0.25, -0.2) is 0 Å². The first-order chi connectivity index (χ1) is 6.63. The Bertz CT molecular complexity index is 352. The summed E-state index contributed by atoms with van der Waals surface area (Å²) in [4.78, 5) is 11.4. The Morgan fingerprint density at radius 1 is 1.57 bits per heavy atom. The molecule has 1 heterocycles. The first kappa shape index (κ1) is 11.4. The molecule has 0 aliphatic carbocycles. The van der Waals surface area contributed by atoms with Gasteiger partial charge in [0.15, 0.2) is 5.11 Å². The van der Waals surface area contributed by atoms with Crippen LogP contribution in [-0.4, -0.2) is 18.1 Å². The largest absolute Gasteiger partial charge is 0.364 e. The van der Waals surface area contributed by atoms with E-state index in [-0.39, 0.29) is 5.91 Å².